The minimum Gasteiger partial charge on any atom is -0.493 e. The van der Waals surface area contributed by atoms with Crippen molar-refractivity contribution in [2.75, 3.05) is 25.6 Å². The number of nitrogens with one attached hydrogen (secondary N) is 1. The second-order valence-electron chi connectivity index (χ2n) is 7.60. The van der Waals surface area contributed by atoms with E-state index in [0.717, 1.165) is 27.9 Å². The average molecular weight is 483 g/mol. The monoisotopic (exact) mass is 482 g/mol. The first-order valence-electron chi connectivity index (χ1n) is 10.3. The molecule has 6 nitrogen and oxygen atoms in total. The fraction of sp³-hybridized carbons (Fsp3) is 0.240. The van der Waals surface area contributed by atoms with Crippen LogP contribution in [0.5, 0.6) is 11.5 Å². The third kappa shape index (κ3) is 5.83. The summed E-state index contributed by atoms with van der Waals surface area (Å²) in [6.45, 7) is 9.82. The molecule has 33 heavy (non-hydrogen) atoms. The first-order chi connectivity index (χ1) is 15.7. The summed E-state index contributed by atoms with van der Waals surface area (Å²) in [4.78, 5) is 27.0. The Morgan fingerprint density at radius 3 is 2.52 bits per heavy atom. The van der Waals surface area contributed by atoms with Gasteiger partial charge in [0.25, 0.3) is 11.8 Å². The second kappa shape index (κ2) is 10.7. The normalized spacial score (nSPS) is 14.5. The third-order valence-electron chi connectivity index (χ3n) is 4.97. The van der Waals surface area contributed by atoms with Gasteiger partial charge in [0.15, 0.2) is 18.1 Å². The largest absolute Gasteiger partial charge is 0.493 e. The highest BCUT2D eigenvalue weighted by Gasteiger charge is 2.31. The van der Waals surface area contributed by atoms with E-state index in [1.165, 1.54) is 23.8 Å². The molecule has 0 spiro atoms. The van der Waals surface area contributed by atoms with Crippen LogP contribution < -0.4 is 14.8 Å². The molecule has 0 aromatic heterocycles. The van der Waals surface area contributed by atoms with Crippen LogP contribution >= 0.6 is 24.0 Å². The number of methoxy groups -OCH3 is 1. The van der Waals surface area contributed by atoms with Crippen LogP contribution in [-0.4, -0.2) is 41.3 Å². The van der Waals surface area contributed by atoms with Crippen molar-refractivity contribution in [2.45, 2.75) is 20.8 Å². The molecular weight excluding hydrogens is 456 g/mol. The minimum atomic E-state index is -0.262. The number of rotatable bonds is 8. The smallest absolute Gasteiger partial charge is 0.266 e. The van der Waals surface area contributed by atoms with Gasteiger partial charge in [-0.15, -0.1) is 6.58 Å². The summed E-state index contributed by atoms with van der Waals surface area (Å²) in [7, 11) is 1.52. The first-order valence-corrected chi connectivity index (χ1v) is 11.5. The number of ether oxygens (including phenoxy) is 2. The Bertz CT molecular complexity index is 1130. The average Bonchev–Trinajstić information content (AvgIpc) is 3.02. The van der Waals surface area contributed by atoms with Crippen molar-refractivity contribution >= 4 is 51.9 Å². The number of thioether (sulfide) groups is 1. The van der Waals surface area contributed by atoms with Gasteiger partial charge in [-0.25, -0.2) is 0 Å². The molecular formula is C25H26N2O4S2. The van der Waals surface area contributed by atoms with Gasteiger partial charge in [-0.3, -0.25) is 14.5 Å². The van der Waals surface area contributed by atoms with E-state index in [2.05, 4.69) is 11.9 Å². The minimum absolute atomic E-state index is 0.150. The van der Waals surface area contributed by atoms with E-state index >= 15 is 0 Å². The Morgan fingerprint density at radius 2 is 1.88 bits per heavy atom. The van der Waals surface area contributed by atoms with Crippen molar-refractivity contribution in [1.82, 2.24) is 4.90 Å². The molecule has 0 atom stereocenters. The van der Waals surface area contributed by atoms with Gasteiger partial charge < -0.3 is 14.8 Å². The molecule has 2 amide bonds. The fourth-order valence-corrected chi connectivity index (χ4v) is 4.80. The maximum atomic E-state index is 12.5. The van der Waals surface area contributed by atoms with Crippen LogP contribution in [-0.2, 0) is 9.59 Å². The molecule has 1 N–H and O–H groups in total. The van der Waals surface area contributed by atoms with E-state index in [1.54, 1.807) is 30.4 Å². The predicted molar refractivity (Wildman–Crippen MR) is 138 cm³/mol. The highest BCUT2D eigenvalue weighted by atomic mass is 32.2. The van der Waals surface area contributed by atoms with Gasteiger partial charge in [0.1, 0.15) is 4.32 Å². The molecule has 0 radical (unpaired) electrons. The first kappa shape index (κ1) is 24.5. The number of nitrogens with zero attached hydrogens (tertiary/aromatic N) is 1. The molecule has 172 valence electrons. The van der Waals surface area contributed by atoms with Crippen LogP contribution in [0.1, 0.15) is 22.3 Å². The molecule has 0 aliphatic carbocycles. The Kier molecular flexibility index (Phi) is 7.94. The molecule has 1 saturated heterocycles. The quantitative estimate of drug-likeness (QED) is 0.324. The molecule has 0 unspecified atom stereocenters. The van der Waals surface area contributed by atoms with Crippen LogP contribution in [0.2, 0.25) is 0 Å². The predicted octanol–water partition coefficient (Wildman–Crippen LogP) is 5.03. The van der Waals surface area contributed by atoms with Gasteiger partial charge in [-0.2, -0.15) is 0 Å². The summed E-state index contributed by atoms with van der Waals surface area (Å²) < 4.78 is 11.6. The zero-order valence-electron chi connectivity index (χ0n) is 19.1. The van der Waals surface area contributed by atoms with Gasteiger partial charge in [-0.05, 0) is 55.7 Å². The van der Waals surface area contributed by atoms with E-state index in [0.29, 0.717) is 27.3 Å². The van der Waals surface area contributed by atoms with Crippen molar-refractivity contribution in [1.29, 1.82) is 0 Å². The molecule has 1 fully saturated rings. The highest BCUT2D eigenvalue weighted by molar-refractivity contribution is 8.26. The molecule has 0 bridgehead atoms. The highest BCUT2D eigenvalue weighted by Crippen LogP contribution is 2.34. The number of aryl methyl sites for hydroxylation is 3. The number of hydrogen-bond acceptors (Lipinski definition) is 6. The van der Waals surface area contributed by atoms with E-state index in [1.807, 2.05) is 32.9 Å². The third-order valence-corrected chi connectivity index (χ3v) is 6.35. The van der Waals surface area contributed by atoms with Crippen molar-refractivity contribution in [3.8, 4) is 11.5 Å². The fourth-order valence-electron chi connectivity index (χ4n) is 3.53. The van der Waals surface area contributed by atoms with Crippen molar-refractivity contribution in [3.63, 3.8) is 0 Å². The lowest BCUT2D eigenvalue weighted by molar-refractivity contribution is -0.121. The van der Waals surface area contributed by atoms with Crippen LogP contribution in [0.3, 0.4) is 0 Å². The number of benzene rings is 2. The van der Waals surface area contributed by atoms with Crippen LogP contribution in [0.4, 0.5) is 5.69 Å². The zero-order chi connectivity index (χ0) is 24.1. The summed E-state index contributed by atoms with van der Waals surface area (Å²) in [6, 6.07) is 9.31. The lowest BCUT2D eigenvalue weighted by atomic mass is 10.1. The maximum absolute atomic E-state index is 12.5. The molecule has 8 heteroatoms. The van der Waals surface area contributed by atoms with Gasteiger partial charge >= 0.3 is 0 Å². The number of carbonyl (C=O) groups is 2. The van der Waals surface area contributed by atoms with Crippen LogP contribution in [0.25, 0.3) is 6.08 Å². The maximum Gasteiger partial charge on any atom is 0.266 e. The van der Waals surface area contributed by atoms with Crippen LogP contribution in [0.15, 0.2) is 47.9 Å². The molecule has 1 aliphatic rings. The topological polar surface area (TPSA) is 67.9 Å². The zero-order valence-corrected chi connectivity index (χ0v) is 20.7. The molecule has 3 rings (SSSR count). The number of carbonyl (C=O) groups excluding carboxylic acids is 2. The van der Waals surface area contributed by atoms with E-state index in [9.17, 15) is 9.59 Å². The number of amides is 2. The number of thiocarbonyl (C=S) groups is 1. The SMILES string of the molecule is C=CCN1C(=O)/C(=C/c2ccc(OCC(=O)Nc3c(C)cc(C)cc3C)c(OC)c2)SC1=S. The Labute approximate surface area is 203 Å². The van der Waals surface area contributed by atoms with Gasteiger partial charge in [0.05, 0.1) is 12.0 Å². The summed E-state index contributed by atoms with van der Waals surface area (Å²) >= 11 is 6.52. The van der Waals surface area contributed by atoms with Crippen LogP contribution in [0, 0.1) is 20.8 Å². The van der Waals surface area contributed by atoms with E-state index in [-0.39, 0.29) is 18.4 Å². The van der Waals surface area contributed by atoms with Crippen molar-refractivity contribution < 1.29 is 19.1 Å². The summed E-state index contributed by atoms with van der Waals surface area (Å²) in [5.74, 6) is 0.479. The van der Waals surface area contributed by atoms with E-state index in [4.69, 9.17) is 21.7 Å². The molecule has 1 aliphatic heterocycles. The molecule has 1 heterocycles. The Balaban J connectivity index is 1.69. The molecule has 0 saturated carbocycles. The van der Waals surface area contributed by atoms with E-state index < -0.39 is 0 Å². The Hall–Kier alpha value is -3.10. The standard InChI is InChI=1S/C25H26N2O4S2/c1-6-9-27-24(29)21(33-25(27)32)13-18-7-8-19(20(12-18)30-5)31-14-22(28)26-23-16(3)10-15(2)11-17(23)4/h6-8,10-13H,1,9,14H2,2-5H3,(H,26,28)/b21-13-. The lowest BCUT2D eigenvalue weighted by Gasteiger charge is -2.14. The molecule has 2 aromatic carbocycles. The summed E-state index contributed by atoms with van der Waals surface area (Å²) in [5.41, 5.74) is 4.70. The Morgan fingerprint density at radius 1 is 1.18 bits per heavy atom. The van der Waals surface area contributed by atoms with Crippen molar-refractivity contribution in [2.24, 2.45) is 0 Å². The van der Waals surface area contributed by atoms with Gasteiger partial charge in [-0.1, -0.05) is 53.8 Å². The second-order valence-corrected chi connectivity index (χ2v) is 9.28. The molecule has 2 aromatic rings. The number of hydrogen-bond donors (Lipinski definition) is 1. The summed E-state index contributed by atoms with van der Waals surface area (Å²) in [6.07, 6.45) is 3.39. The van der Waals surface area contributed by atoms with Crippen molar-refractivity contribution in [3.05, 3.63) is 70.1 Å². The number of anilines is 1. The van der Waals surface area contributed by atoms with Gasteiger partial charge in [0, 0.05) is 12.2 Å². The lowest BCUT2D eigenvalue weighted by Crippen LogP contribution is -2.27. The van der Waals surface area contributed by atoms with Gasteiger partial charge in [0.2, 0.25) is 0 Å². The summed E-state index contributed by atoms with van der Waals surface area (Å²) in [5, 5.41) is 2.92.